The van der Waals surface area contributed by atoms with Gasteiger partial charge in [-0.05, 0) is 54.1 Å². The molecule has 8 heteroatoms. The second kappa shape index (κ2) is 9.10. The van der Waals surface area contributed by atoms with E-state index in [-0.39, 0.29) is 11.6 Å². The third-order valence-electron chi connectivity index (χ3n) is 5.48. The normalized spacial score (nSPS) is 13.5. The zero-order valence-electron chi connectivity index (χ0n) is 17.7. The fourth-order valence-electron chi connectivity index (χ4n) is 3.82. The van der Waals surface area contributed by atoms with E-state index in [1.165, 1.54) is 12.1 Å². The summed E-state index contributed by atoms with van der Waals surface area (Å²) in [5, 5.41) is 16.9. The molecular formula is C25H20FN5O2. The van der Waals surface area contributed by atoms with Crippen LogP contribution in [0.15, 0.2) is 71.4 Å². The molecule has 33 heavy (non-hydrogen) atoms. The Bertz CT molecular complexity index is 1290. The van der Waals surface area contributed by atoms with Gasteiger partial charge in [0.05, 0.1) is 18.8 Å². The van der Waals surface area contributed by atoms with E-state index in [1.54, 1.807) is 24.4 Å². The van der Waals surface area contributed by atoms with Gasteiger partial charge in [-0.2, -0.15) is 5.26 Å². The lowest BCUT2D eigenvalue weighted by molar-refractivity contribution is 0.122. The summed E-state index contributed by atoms with van der Waals surface area (Å²) in [6, 6.07) is 19.7. The monoisotopic (exact) mass is 441 g/mol. The Kier molecular flexibility index (Phi) is 5.70. The number of morpholine rings is 1. The first-order valence-corrected chi connectivity index (χ1v) is 10.5. The van der Waals surface area contributed by atoms with Gasteiger partial charge in [0.15, 0.2) is 0 Å². The van der Waals surface area contributed by atoms with E-state index < -0.39 is 0 Å². The summed E-state index contributed by atoms with van der Waals surface area (Å²) in [6.45, 7) is 3.25. The molecule has 5 rings (SSSR count). The first kappa shape index (κ1) is 20.7. The molecule has 0 spiro atoms. The number of nitrogens with one attached hydrogen (secondary N) is 1. The van der Waals surface area contributed by atoms with Crippen LogP contribution >= 0.6 is 0 Å². The van der Waals surface area contributed by atoms with Crippen LogP contribution < -0.4 is 10.2 Å². The minimum Gasteiger partial charge on any atom is -0.378 e. The maximum Gasteiger partial charge on any atom is 0.244 e. The van der Waals surface area contributed by atoms with Crippen molar-refractivity contribution in [2.45, 2.75) is 0 Å². The second-order valence-electron chi connectivity index (χ2n) is 7.56. The maximum absolute atomic E-state index is 13.4. The van der Waals surface area contributed by atoms with Gasteiger partial charge in [0, 0.05) is 36.2 Å². The van der Waals surface area contributed by atoms with E-state index in [1.807, 2.05) is 24.3 Å². The molecule has 164 valence electrons. The van der Waals surface area contributed by atoms with E-state index >= 15 is 0 Å². The Balaban J connectivity index is 1.41. The molecule has 0 atom stereocenters. The highest BCUT2D eigenvalue weighted by Crippen LogP contribution is 2.35. The minimum atomic E-state index is -0.356. The molecule has 0 bridgehead atoms. The molecule has 0 amide bonds. The number of anilines is 3. The maximum atomic E-state index is 13.4. The molecule has 2 aromatic carbocycles. The molecule has 3 heterocycles. The predicted molar refractivity (Wildman–Crippen MR) is 123 cm³/mol. The van der Waals surface area contributed by atoms with Gasteiger partial charge in [0.1, 0.15) is 23.4 Å². The van der Waals surface area contributed by atoms with Crippen molar-refractivity contribution in [2.24, 2.45) is 0 Å². The van der Waals surface area contributed by atoms with Crippen molar-refractivity contribution in [3.63, 3.8) is 0 Å². The number of pyridine rings is 1. The van der Waals surface area contributed by atoms with E-state index in [0.717, 1.165) is 43.2 Å². The average molecular weight is 441 g/mol. The van der Waals surface area contributed by atoms with E-state index in [9.17, 15) is 9.65 Å². The van der Waals surface area contributed by atoms with Crippen LogP contribution in [0.5, 0.6) is 0 Å². The average Bonchev–Trinajstić information content (AvgIpc) is 3.30. The molecule has 1 fully saturated rings. The van der Waals surface area contributed by atoms with Gasteiger partial charge in [0.25, 0.3) is 0 Å². The number of benzene rings is 2. The van der Waals surface area contributed by atoms with Gasteiger partial charge in [-0.3, -0.25) is 0 Å². The van der Waals surface area contributed by atoms with Crippen LogP contribution in [-0.4, -0.2) is 36.4 Å². The van der Waals surface area contributed by atoms with Crippen LogP contribution in [0, 0.1) is 17.1 Å². The van der Waals surface area contributed by atoms with Gasteiger partial charge in [-0.25, -0.2) is 9.37 Å². The molecular weight excluding hydrogens is 421 g/mol. The molecule has 7 nitrogen and oxygen atoms in total. The number of hydrogen-bond donors (Lipinski definition) is 1. The number of nitriles is 1. The molecule has 1 aliphatic heterocycles. The van der Waals surface area contributed by atoms with Crippen LogP contribution in [0.3, 0.4) is 0 Å². The van der Waals surface area contributed by atoms with E-state index in [2.05, 4.69) is 32.5 Å². The lowest BCUT2D eigenvalue weighted by Gasteiger charge is -2.28. The number of aromatic nitrogens is 2. The number of rotatable bonds is 5. The van der Waals surface area contributed by atoms with Crippen LogP contribution in [-0.2, 0) is 4.74 Å². The number of halogens is 1. The molecule has 1 saturated heterocycles. The quantitative estimate of drug-likeness (QED) is 0.467. The fraction of sp³-hybridized carbons (Fsp3) is 0.160. The summed E-state index contributed by atoms with van der Waals surface area (Å²) in [6.07, 6.45) is 1.66. The second-order valence-corrected chi connectivity index (χ2v) is 7.56. The van der Waals surface area contributed by atoms with E-state index in [0.29, 0.717) is 22.6 Å². The molecule has 0 radical (unpaired) electrons. The lowest BCUT2D eigenvalue weighted by atomic mass is 10.00. The van der Waals surface area contributed by atoms with Gasteiger partial charge in [-0.1, -0.05) is 17.3 Å². The zero-order chi connectivity index (χ0) is 22.6. The smallest absolute Gasteiger partial charge is 0.244 e. The van der Waals surface area contributed by atoms with Gasteiger partial charge in [0.2, 0.25) is 5.76 Å². The van der Waals surface area contributed by atoms with Gasteiger partial charge in [-0.15, -0.1) is 0 Å². The number of nitrogens with zero attached hydrogens (tertiary/aromatic N) is 4. The molecule has 0 unspecified atom stereocenters. The summed E-state index contributed by atoms with van der Waals surface area (Å²) in [7, 11) is 0. The molecule has 0 aliphatic carbocycles. The highest BCUT2D eigenvalue weighted by molar-refractivity contribution is 5.84. The molecule has 4 aromatic rings. The minimum absolute atomic E-state index is 0.0710. The summed E-state index contributed by atoms with van der Waals surface area (Å²) >= 11 is 0. The predicted octanol–water partition coefficient (Wildman–Crippen LogP) is 4.99. The third-order valence-corrected chi connectivity index (χ3v) is 5.48. The lowest BCUT2D eigenvalue weighted by Crippen LogP contribution is -2.36. The van der Waals surface area contributed by atoms with Crippen molar-refractivity contribution in [1.82, 2.24) is 10.1 Å². The summed E-state index contributed by atoms with van der Waals surface area (Å²) in [5.41, 5.74) is 4.43. The van der Waals surface area contributed by atoms with Crippen LogP contribution in [0.2, 0.25) is 0 Å². The fourth-order valence-corrected chi connectivity index (χ4v) is 3.82. The van der Waals surface area contributed by atoms with Crippen LogP contribution in [0.1, 0.15) is 5.76 Å². The molecule has 2 aromatic heterocycles. The highest BCUT2D eigenvalue weighted by Gasteiger charge is 2.20. The first-order valence-electron chi connectivity index (χ1n) is 10.5. The SMILES string of the molecule is N#Cc1onc(-c2ccnc(Nc3ccc(N4CCOCC4)cc3)c2)c1-c1ccc(F)cc1. The highest BCUT2D eigenvalue weighted by atomic mass is 19.1. The Hall–Kier alpha value is -4.22. The van der Waals surface area contributed by atoms with Crippen molar-refractivity contribution < 1.29 is 13.7 Å². The van der Waals surface area contributed by atoms with Crippen molar-refractivity contribution in [3.8, 4) is 28.5 Å². The Labute approximate surface area is 190 Å². The summed E-state index contributed by atoms with van der Waals surface area (Å²) in [4.78, 5) is 6.69. The van der Waals surface area contributed by atoms with E-state index in [4.69, 9.17) is 9.26 Å². The van der Waals surface area contributed by atoms with Crippen molar-refractivity contribution in [3.05, 3.63) is 78.4 Å². The largest absolute Gasteiger partial charge is 0.378 e. The summed E-state index contributed by atoms with van der Waals surface area (Å²) < 4.78 is 24.1. The number of hydrogen-bond acceptors (Lipinski definition) is 7. The van der Waals surface area contributed by atoms with Crippen LogP contribution in [0.25, 0.3) is 22.4 Å². The summed E-state index contributed by atoms with van der Waals surface area (Å²) in [5.74, 6) is 0.338. The zero-order valence-corrected chi connectivity index (χ0v) is 17.7. The van der Waals surface area contributed by atoms with Crippen LogP contribution in [0.4, 0.5) is 21.6 Å². The third kappa shape index (κ3) is 4.40. The number of ether oxygens (including phenoxy) is 1. The van der Waals surface area contributed by atoms with Gasteiger partial charge < -0.3 is 19.5 Å². The standard InChI is InChI=1S/C25H20FN5O2/c26-19-3-1-17(2-4-19)24-22(16-27)33-30-25(24)18-9-10-28-23(15-18)29-20-5-7-21(8-6-20)31-11-13-32-14-12-31/h1-10,15H,11-14H2,(H,28,29). The molecule has 1 aliphatic rings. The van der Waals surface area contributed by atoms with Crippen molar-refractivity contribution >= 4 is 17.2 Å². The van der Waals surface area contributed by atoms with Gasteiger partial charge >= 0.3 is 0 Å². The first-order chi connectivity index (χ1) is 16.2. The van der Waals surface area contributed by atoms with Crippen molar-refractivity contribution in [1.29, 1.82) is 5.26 Å². The van der Waals surface area contributed by atoms with Crippen molar-refractivity contribution in [2.75, 3.05) is 36.5 Å². The Morgan fingerprint density at radius 1 is 0.970 bits per heavy atom. The Morgan fingerprint density at radius 3 is 2.45 bits per heavy atom. The molecule has 1 N–H and O–H groups in total. The Morgan fingerprint density at radius 2 is 1.73 bits per heavy atom. The topological polar surface area (TPSA) is 87.2 Å². The molecule has 0 saturated carbocycles.